The van der Waals surface area contributed by atoms with Crippen LogP contribution in [0.2, 0.25) is 0 Å². The number of nitrogens with one attached hydrogen (secondary N) is 2. The predicted molar refractivity (Wildman–Crippen MR) is 128 cm³/mol. The molecule has 0 unspecified atom stereocenters. The largest absolute Gasteiger partial charge is 0.497 e. The summed E-state index contributed by atoms with van der Waals surface area (Å²) in [6.45, 7) is 1.85. The van der Waals surface area contributed by atoms with Crippen LogP contribution in [0.4, 0.5) is 5.95 Å². The molecule has 170 valence electrons. The van der Waals surface area contributed by atoms with Crippen molar-refractivity contribution in [2.45, 2.75) is 51.1 Å². The minimum atomic E-state index is -0.461. The number of aromatic nitrogens is 4. The number of para-hydroxylation sites is 1. The third kappa shape index (κ3) is 4.33. The molecule has 4 aromatic rings. The second-order valence-corrected chi connectivity index (χ2v) is 8.56. The summed E-state index contributed by atoms with van der Waals surface area (Å²) in [5, 5.41) is 12.1. The Labute approximate surface area is 192 Å². The lowest BCUT2D eigenvalue weighted by Gasteiger charge is -2.25. The van der Waals surface area contributed by atoms with Crippen LogP contribution in [-0.2, 0) is 4.79 Å². The number of amides is 1. The molecule has 8 heteroatoms. The van der Waals surface area contributed by atoms with Crippen LogP contribution in [0.5, 0.6) is 5.75 Å². The Morgan fingerprint density at radius 2 is 1.82 bits per heavy atom. The van der Waals surface area contributed by atoms with Gasteiger partial charge in [-0.2, -0.15) is 4.52 Å². The zero-order chi connectivity index (χ0) is 22.8. The van der Waals surface area contributed by atoms with Gasteiger partial charge in [-0.15, -0.1) is 5.10 Å². The van der Waals surface area contributed by atoms with Crippen molar-refractivity contribution >= 4 is 28.4 Å². The molecule has 1 aliphatic rings. The van der Waals surface area contributed by atoms with Gasteiger partial charge in [0.15, 0.2) is 11.5 Å². The fourth-order valence-electron chi connectivity index (χ4n) is 4.34. The fraction of sp³-hybridized carbons (Fsp3) is 0.360. The molecule has 2 aromatic heterocycles. The number of benzene rings is 2. The third-order valence-electron chi connectivity index (χ3n) is 6.22. The molecule has 2 aromatic carbocycles. The van der Waals surface area contributed by atoms with Crippen molar-refractivity contribution in [1.29, 1.82) is 0 Å². The van der Waals surface area contributed by atoms with Crippen molar-refractivity contribution in [2.75, 3.05) is 12.4 Å². The Hall–Kier alpha value is -3.68. The lowest BCUT2D eigenvalue weighted by atomic mass is 9.95. The highest BCUT2D eigenvalue weighted by molar-refractivity contribution is 5.93. The SMILES string of the molecule is COc1ccc(-c2nc3c4ccccc4nc(N[C@H](C)C(=O)NC4CCCCC4)n3n2)cc1. The van der Waals surface area contributed by atoms with E-state index in [-0.39, 0.29) is 11.9 Å². The average molecular weight is 445 g/mol. The van der Waals surface area contributed by atoms with E-state index in [1.54, 1.807) is 11.6 Å². The highest BCUT2D eigenvalue weighted by atomic mass is 16.5. The van der Waals surface area contributed by atoms with Gasteiger partial charge >= 0.3 is 0 Å². The normalized spacial score (nSPS) is 15.5. The van der Waals surface area contributed by atoms with E-state index in [1.165, 1.54) is 19.3 Å². The Bertz CT molecular complexity index is 1280. The summed E-state index contributed by atoms with van der Waals surface area (Å²) in [5.74, 6) is 1.82. The van der Waals surface area contributed by atoms with E-state index in [4.69, 9.17) is 19.8 Å². The molecule has 5 rings (SSSR count). The number of hydrogen-bond acceptors (Lipinski definition) is 6. The quantitative estimate of drug-likeness (QED) is 0.463. The van der Waals surface area contributed by atoms with E-state index in [1.807, 2.05) is 55.5 Å². The summed E-state index contributed by atoms with van der Waals surface area (Å²) in [4.78, 5) is 22.4. The zero-order valence-corrected chi connectivity index (χ0v) is 18.9. The highest BCUT2D eigenvalue weighted by Crippen LogP contribution is 2.25. The second-order valence-electron chi connectivity index (χ2n) is 8.56. The van der Waals surface area contributed by atoms with Crippen molar-refractivity contribution in [2.24, 2.45) is 0 Å². The molecule has 0 bridgehead atoms. The van der Waals surface area contributed by atoms with E-state index in [0.717, 1.165) is 35.1 Å². The first-order chi connectivity index (χ1) is 16.1. The number of ether oxygens (including phenoxy) is 1. The van der Waals surface area contributed by atoms with E-state index >= 15 is 0 Å². The minimum Gasteiger partial charge on any atom is -0.497 e. The Morgan fingerprint density at radius 1 is 1.06 bits per heavy atom. The second kappa shape index (κ2) is 9.05. The number of nitrogens with zero attached hydrogens (tertiary/aromatic N) is 4. The maximum absolute atomic E-state index is 12.8. The molecule has 2 heterocycles. The summed E-state index contributed by atoms with van der Waals surface area (Å²) in [6, 6.07) is 15.2. The van der Waals surface area contributed by atoms with Gasteiger partial charge in [0.2, 0.25) is 11.9 Å². The smallest absolute Gasteiger partial charge is 0.242 e. The first-order valence-corrected chi connectivity index (χ1v) is 11.5. The van der Waals surface area contributed by atoms with Gasteiger partial charge in [-0.3, -0.25) is 4.79 Å². The summed E-state index contributed by atoms with van der Waals surface area (Å²) >= 11 is 0. The Kier molecular flexibility index (Phi) is 5.81. The number of anilines is 1. The van der Waals surface area contributed by atoms with Gasteiger partial charge in [-0.05, 0) is 56.2 Å². The number of hydrogen-bond donors (Lipinski definition) is 2. The highest BCUT2D eigenvalue weighted by Gasteiger charge is 2.22. The first-order valence-electron chi connectivity index (χ1n) is 11.5. The Balaban J connectivity index is 1.48. The monoisotopic (exact) mass is 444 g/mol. The number of carbonyl (C=O) groups is 1. The van der Waals surface area contributed by atoms with Gasteiger partial charge in [0, 0.05) is 17.0 Å². The first kappa shape index (κ1) is 21.2. The van der Waals surface area contributed by atoms with Crippen molar-refractivity contribution in [1.82, 2.24) is 24.9 Å². The molecule has 0 radical (unpaired) electrons. The standard InChI is InChI=1S/C25H28N6O2/c1-16(24(32)27-18-8-4-3-5-9-18)26-25-28-21-11-7-6-10-20(21)23-29-22(30-31(23)25)17-12-14-19(33-2)15-13-17/h6-7,10-16,18H,3-5,8-9H2,1-2H3,(H,26,28)(H,27,32)/t16-/m1/s1. The van der Waals surface area contributed by atoms with Crippen LogP contribution in [0, 0.1) is 0 Å². The van der Waals surface area contributed by atoms with Crippen LogP contribution in [0.25, 0.3) is 27.9 Å². The average Bonchev–Trinajstić information content (AvgIpc) is 3.31. The molecule has 1 fully saturated rings. The van der Waals surface area contributed by atoms with Gasteiger partial charge in [-0.1, -0.05) is 31.4 Å². The number of carbonyl (C=O) groups excluding carboxylic acids is 1. The number of rotatable bonds is 6. The fourth-order valence-corrected chi connectivity index (χ4v) is 4.34. The van der Waals surface area contributed by atoms with Crippen LogP contribution in [0.3, 0.4) is 0 Å². The topological polar surface area (TPSA) is 93.4 Å². The molecule has 8 nitrogen and oxygen atoms in total. The van der Waals surface area contributed by atoms with E-state index in [0.29, 0.717) is 17.4 Å². The molecule has 1 atom stereocenters. The summed E-state index contributed by atoms with van der Waals surface area (Å²) < 4.78 is 6.94. The Morgan fingerprint density at radius 3 is 2.58 bits per heavy atom. The van der Waals surface area contributed by atoms with Crippen molar-refractivity contribution < 1.29 is 9.53 Å². The molecule has 0 spiro atoms. The van der Waals surface area contributed by atoms with Gasteiger partial charge in [0.1, 0.15) is 11.8 Å². The number of methoxy groups -OCH3 is 1. The molecule has 1 amide bonds. The lowest BCUT2D eigenvalue weighted by Crippen LogP contribution is -2.44. The van der Waals surface area contributed by atoms with Gasteiger partial charge < -0.3 is 15.4 Å². The summed E-state index contributed by atoms with van der Waals surface area (Å²) in [5.41, 5.74) is 2.35. The van der Waals surface area contributed by atoms with E-state index in [9.17, 15) is 4.79 Å². The molecule has 0 saturated heterocycles. The third-order valence-corrected chi connectivity index (χ3v) is 6.22. The van der Waals surface area contributed by atoms with Crippen molar-refractivity contribution in [3.63, 3.8) is 0 Å². The predicted octanol–water partition coefficient (Wildman–Crippen LogP) is 4.20. The molecule has 1 saturated carbocycles. The maximum Gasteiger partial charge on any atom is 0.242 e. The number of fused-ring (bicyclic) bond motifs is 3. The molecule has 1 aliphatic carbocycles. The van der Waals surface area contributed by atoms with E-state index in [2.05, 4.69) is 10.6 Å². The van der Waals surface area contributed by atoms with Crippen LogP contribution in [-0.4, -0.2) is 44.7 Å². The van der Waals surface area contributed by atoms with Crippen LogP contribution in [0.1, 0.15) is 39.0 Å². The van der Waals surface area contributed by atoms with Gasteiger partial charge in [0.05, 0.1) is 12.6 Å². The molecular formula is C25H28N6O2. The van der Waals surface area contributed by atoms with Gasteiger partial charge in [0.25, 0.3) is 0 Å². The van der Waals surface area contributed by atoms with Crippen LogP contribution >= 0.6 is 0 Å². The zero-order valence-electron chi connectivity index (χ0n) is 18.9. The molecule has 33 heavy (non-hydrogen) atoms. The minimum absolute atomic E-state index is 0.0273. The molecule has 0 aliphatic heterocycles. The maximum atomic E-state index is 12.8. The van der Waals surface area contributed by atoms with E-state index < -0.39 is 6.04 Å². The summed E-state index contributed by atoms with van der Waals surface area (Å²) in [6.07, 6.45) is 5.69. The lowest BCUT2D eigenvalue weighted by molar-refractivity contribution is -0.122. The van der Waals surface area contributed by atoms with Crippen LogP contribution < -0.4 is 15.4 Å². The molecular weight excluding hydrogens is 416 g/mol. The molecule has 2 N–H and O–H groups in total. The van der Waals surface area contributed by atoms with Crippen molar-refractivity contribution in [3.8, 4) is 17.1 Å². The summed E-state index contributed by atoms with van der Waals surface area (Å²) in [7, 11) is 1.64. The van der Waals surface area contributed by atoms with Crippen molar-refractivity contribution in [3.05, 3.63) is 48.5 Å². The van der Waals surface area contributed by atoms with Gasteiger partial charge in [-0.25, -0.2) is 9.97 Å². The van der Waals surface area contributed by atoms with Crippen LogP contribution in [0.15, 0.2) is 48.5 Å².